The minimum atomic E-state index is 0. The molecule has 130 valence electrons. The lowest BCUT2D eigenvalue weighted by Gasteiger charge is -2.33. The molecule has 0 radical (unpaired) electrons. The van der Waals surface area contributed by atoms with Crippen molar-refractivity contribution in [2.24, 2.45) is 5.92 Å². The molecule has 0 amide bonds. The Morgan fingerprint density at radius 1 is 1.04 bits per heavy atom. The normalized spacial score (nSPS) is 20.1. The molecule has 25 heavy (non-hydrogen) atoms. The highest BCUT2D eigenvalue weighted by molar-refractivity contribution is 7.10. The van der Waals surface area contributed by atoms with Gasteiger partial charge in [0.1, 0.15) is 11.9 Å². The fourth-order valence-corrected chi connectivity index (χ4v) is 4.67. The molecule has 2 heterocycles. The van der Waals surface area contributed by atoms with Gasteiger partial charge in [0, 0.05) is 25.0 Å². The molecule has 2 nitrogen and oxygen atoms in total. The highest BCUT2D eigenvalue weighted by Gasteiger charge is 2.32. The number of hydrogen-bond acceptors (Lipinski definition) is 3. The molecule has 4 heteroatoms. The number of nitrogens with zero attached hydrogens (tertiary/aromatic N) is 1. The van der Waals surface area contributed by atoms with Gasteiger partial charge in [-0.05, 0) is 47.2 Å². The Bertz CT molecular complexity index is 868. The van der Waals surface area contributed by atoms with Gasteiger partial charge < -0.3 is 4.74 Å². The van der Waals surface area contributed by atoms with E-state index in [0.29, 0.717) is 0 Å². The van der Waals surface area contributed by atoms with Crippen LogP contribution in [0, 0.1) is 5.92 Å². The molecule has 3 aromatic rings. The molecule has 0 bridgehead atoms. The van der Waals surface area contributed by atoms with Crippen molar-refractivity contribution in [2.75, 3.05) is 13.1 Å². The van der Waals surface area contributed by atoms with Gasteiger partial charge in [-0.15, -0.1) is 23.7 Å². The smallest absolute Gasteiger partial charge is 0.146 e. The molecule has 0 N–H and O–H groups in total. The van der Waals surface area contributed by atoms with Crippen molar-refractivity contribution in [1.29, 1.82) is 0 Å². The second-order valence-electron chi connectivity index (χ2n) is 7.03. The van der Waals surface area contributed by atoms with Crippen LogP contribution in [0.5, 0.6) is 5.75 Å². The van der Waals surface area contributed by atoms with E-state index in [-0.39, 0.29) is 18.5 Å². The molecular weight excluding hydrogens is 350 g/mol. The molecule has 1 fully saturated rings. The monoisotopic (exact) mass is 371 g/mol. The zero-order valence-electron chi connectivity index (χ0n) is 14.1. The standard InChI is InChI=1S/C21H21NOS.ClH/c1-2-6-18-16(4-1)5-3-7-19(18)23-20-14-22(12-15-8-9-15)13-17-10-11-24-21(17)20;/h1-7,10-11,15,20H,8-9,12-14H2;1H. The summed E-state index contributed by atoms with van der Waals surface area (Å²) in [5.41, 5.74) is 1.46. The first-order valence-electron chi connectivity index (χ1n) is 8.80. The number of hydrogen-bond donors (Lipinski definition) is 0. The summed E-state index contributed by atoms with van der Waals surface area (Å²) in [5.74, 6) is 1.93. The van der Waals surface area contributed by atoms with E-state index in [9.17, 15) is 0 Å². The molecule has 1 unspecified atom stereocenters. The van der Waals surface area contributed by atoms with Gasteiger partial charge in [-0.25, -0.2) is 0 Å². The molecule has 0 spiro atoms. The third-order valence-corrected chi connectivity index (χ3v) is 6.17. The van der Waals surface area contributed by atoms with Crippen LogP contribution in [0.2, 0.25) is 0 Å². The average molecular weight is 372 g/mol. The summed E-state index contributed by atoms with van der Waals surface area (Å²) in [6.07, 6.45) is 2.96. The largest absolute Gasteiger partial charge is 0.483 e. The quantitative estimate of drug-likeness (QED) is 0.586. The van der Waals surface area contributed by atoms with Crippen molar-refractivity contribution in [2.45, 2.75) is 25.5 Å². The summed E-state index contributed by atoms with van der Waals surface area (Å²) >= 11 is 1.84. The topological polar surface area (TPSA) is 12.5 Å². The molecule has 5 rings (SSSR count). The van der Waals surface area contributed by atoms with Crippen LogP contribution in [0.25, 0.3) is 10.8 Å². The number of ether oxygens (including phenoxy) is 1. The Hall–Kier alpha value is -1.55. The molecule has 1 saturated carbocycles. The van der Waals surface area contributed by atoms with Crippen LogP contribution in [0.1, 0.15) is 29.4 Å². The highest BCUT2D eigenvalue weighted by atomic mass is 35.5. The van der Waals surface area contributed by atoms with Crippen LogP contribution < -0.4 is 4.74 Å². The van der Waals surface area contributed by atoms with Gasteiger partial charge in [0.05, 0.1) is 4.88 Å². The first kappa shape index (κ1) is 16.9. The second-order valence-corrected chi connectivity index (χ2v) is 7.98. The molecule has 0 saturated heterocycles. The van der Waals surface area contributed by atoms with E-state index in [1.165, 1.54) is 40.6 Å². The first-order valence-corrected chi connectivity index (χ1v) is 9.68. The fraction of sp³-hybridized carbons (Fsp3) is 0.333. The lowest BCUT2D eigenvalue weighted by molar-refractivity contribution is 0.113. The van der Waals surface area contributed by atoms with Crippen LogP contribution in [0.15, 0.2) is 53.9 Å². The van der Waals surface area contributed by atoms with Gasteiger partial charge in [0.15, 0.2) is 0 Å². The third kappa shape index (κ3) is 3.41. The molecular formula is C21H22ClNOS. The van der Waals surface area contributed by atoms with Crippen LogP contribution >= 0.6 is 23.7 Å². The zero-order valence-corrected chi connectivity index (χ0v) is 15.7. The maximum Gasteiger partial charge on any atom is 0.146 e. The number of thiophene rings is 1. The lowest BCUT2D eigenvalue weighted by atomic mass is 10.1. The van der Waals surface area contributed by atoms with Gasteiger partial charge in [0.2, 0.25) is 0 Å². The Morgan fingerprint density at radius 2 is 1.88 bits per heavy atom. The Balaban J connectivity index is 0.00000157. The lowest BCUT2D eigenvalue weighted by Crippen LogP contribution is -2.36. The summed E-state index contributed by atoms with van der Waals surface area (Å²) in [6.45, 7) is 3.32. The predicted molar refractivity (Wildman–Crippen MR) is 107 cm³/mol. The maximum atomic E-state index is 6.55. The third-order valence-electron chi connectivity index (χ3n) is 5.12. The van der Waals surface area contributed by atoms with Crippen LogP contribution in [-0.2, 0) is 6.54 Å². The van der Waals surface area contributed by atoms with E-state index >= 15 is 0 Å². The van der Waals surface area contributed by atoms with Crippen molar-refractivity contribution in [3.63, 3.8) is 0 Å². The van der Waals surface area contributed by atoms with E-state index in [0.717, 1.165) is 24.8 Å². The van der Waals surface area contributed by atoms with Crippen LogP contribution in [0.4, 0.5) is 0 Å². The summed E-state index contributed by atoms with van der Waals surface area (Å²) in [4.78, 5) is 4.00. The van der Waals surface area contributed by atoms with Crippen molar-refractivity contribution in [1.82, 2.24) is 4.90 Å². The SMILES string of the molecule is Cl.c1ccc2c(OC3CN(CC4CC4)Cc4ccsc43)cccc2c1. The summed E-state index contributed by atoms with van der Waals surface area (Å²) in [6, 6.07) is 17.1. The van der Waals surface area contributed by atoms with E-state index in [4.69, 9.17) is 4.74 Å². The summed E-state index contributed by atoms with van der Waals surface area (Å²) < 4.78 is 6.55. The number of fused-ring (bicyclic) bond motifs is 2. The summed E-state index contributed by atoms with van der Waals surface area (Å²) in [5, 5.41) is 4.66. The Morgan fingerprint density at radius 3 is 2.76 bits per heavy atom. The van der Waals surface area contributed by atoms with Crippen molar-refractivity contribution in [3.8, 4) is 5.75 Å². The minimum absolute atomic E-state index is 0. The van der Waals surface area contributed by atoms with Crippen molar-refractivity contribution < 1.29 is 4.74 Å². The molecule has 2 aliphatic rings. The molecule has 1 aromatic heterocycles. The number of rotatable bonds is 4. The van der Waals surface area contributed by atoms with E-state index in [1.807, 2.05) is 11.3 Å². The van der Waals surface area contributed by atoms with E-state index in [2.05, 4.69) is 58.8 Å². The van der Waals surface area contributed by atoms with Crippen molar-refractivity contribution >= 4 is 34.5 Å². The van der Waals surface area contributed by atoms with Crippen LogP contribution in [-0.4, -0.2) is 18.0 Å². The first-order chi connectivity index (χ1) is 11.9. The molecule has 1 aliphatic heterocycles. The van der Waals surface area contributed by atoms with Gasteiger partial charge in [0.25, 0.3) is 0 Å². The maximum absolute atomic E-state index is 6.55. The zero-order chi connectivity index (χ0) is 15.9. The van der Waals surface area contributed by atoms with Gasteiger partial charge in [-0.3, -0.25) is 4.90 Å². The van der Waals surface area contributed by atoms with E-state index in [1.54, 1.807) is 0 Å². The Labute approximate surface area is 158 Å². The fourth-order valence-electron chi connectivity index (χ4n) is 3.73. The highest BCUT2D eigenvalue weighted by Crippen LogP contribution is 2.38. The van der Waals surface area contributed by atoms with Crippen molar-refractivity contribution in [3.05, 3.63) is 64.4 Å². The number of halogens is 1. The number of benzene rings is 2. The average Bonchev–Trinajstić information content (AvgIpc) is 3.29. The van der Waals surface area contributed by atoms with Gasteiger partial charge in [-0.1, -0.05) is 36.4 Å². The van der Waals surface area contributed by atoms with Gasteiger partial charge >= 0.3 is 0 Å². The predicted octanol–water partition coefficient (Wildman–Crippen LogP) is 5.67. The summed E-state index contributed by atoms with van der Waals surface area (Å²) in [7, 11) is 0. The minimum Gasteiger partial charge on any atom is -0.483 e. The molecule has 1 aliphatic carbocycles. The molecule has 1 atom stereocenters. The Kier molecular flexibility index (Phi) is 4.72. The molecule has 2 aromatic carbocycles. The van der Waals surface area contributed by atoms with Crippen LogP contribution in [0.3, 0.4) is 0 Å². The van der Waals surface area contributed by atoms with E-state index < -0.39 is 0 Å². The van der Waals surface area contributed by atoms with Gasteiger partial charge in [-0.2, -0.15) is 0 Å². The second kappa shape index (κ2) is 6.99.